The third kappa shape index (κ3) is 5.34. The molecule has 0 aliphatic rings. The van der Waals surface area contributed by atoms with Crippen molar-refractivity contribution in [1.29, 1.82) is 0 Å². The summed E-state index contributed by atoms with van der Waals surface area (Å²) in [4.78, 5) is 12.0. The van der Waals surface area contributed by atoms with E-state index in [0.717, 1.165) is 32.0 Å². The minimum Gasteiger partial charge on any atom is -0.356 e. The number of nitrogens with one attached hydrogen (secondary N) is 1. The predicted molar refractivity (Wildman–Crippen MR) is 127 cm³/mol. The number of hydrogen-bond acceptors (Lipinski definition) is 1. The Morgan fingerprint density at radius 3 is 1.59 bits per heavy atom. The molecule has 0 heterocycles. The van der Waals surface area contributed by atoms with Crippen LogP contribution >= 0.6 is 7.26 Å². The maximum absolute atomic E-state index is 12.0. The van der Waals surface area contributed by atoms with Gasteiger partial charge in [0.15, 0.2) is 0 Å². The van der Waals surface area contributed by atoms with Crippen LogP contribution in [-0.2, 0) is 4.79 Å². The van der Waals surface area contributed by atoms with Crippen LogP contribution in [0.5, 0.6) is 0 Å². The maximum atomic E-state index is 12.0. The highest BCUT2D eigenvalue weighted by Gasteiger charge is 2.44. The molecule has 150 valence electrons. The number of amides is 1. The number of carbonyl (C=O) groups is 1. The Bertz CT molecular complexity index is 768. The van der Waals surface area contributed by atoms with Gasteiger partial charge in [0.25, 0.3) is 0 Å². The Kier molecular flexibility index (Phi) is 8.02. The molecule has 3 rings (SSSR count). The summed E-state index contributed by atoms with van der Waals surface area (Å²) in [5.41, 5.74) is 0. The number of unbranched alkanes of at least 4 members (excludes halogenated alkanes) is 1. The van der Waals surface area contributed by atoms with Crippen molar-refractivity contribution in [3.8, 4) is 0 Å². The van der Waals surface area contributed by atoms with Crippen molar-refractivity contribution in [3.63, 3.8) is 0 Å². The van der Waals surface area contributed by atoms with Crippen molar-refractivity contribution in [2.45, 2.75) is 32.6 Å². The summed E-state index contributed by atoms with van der Waals surface area (Å²) in [5, 5.41) is 7.23. The molecule has 0 spiro atoms. The third-order valence-electron chi connectivity index (χ3n) is 5.31. The summed E-state index contributed by atoms with van der Waals surface area (Å²) in [6.45, 7) is 2.85. The van der Waals surface area contributed by atoms with Crippen LogP contribution in [0.25, 0.3) is 0 Å². The highest BCUT2D eigenvalue weighted by Crippen LogP contribution is 2.55. The van der Waals surface area contributed by atoms with E-state index in [1.165, 1.54) is 15.9 Å². The molecule has 2 nitrogen and oxygen atoms in total. The lowest BCUT2D eigenvalue weighted by atomic mass is 10.2. The molecule has 1 amide bonds. The molecule has 0 aliphatic heterocycles. The third-order valence-corrected chi connectivity index (χ3v) is 9.84. The van der Waals surface area contributed by atoms with E-state index in [9.17, 15) is 4.79 Å². The van der Waals surface area contributed by atoms with E-state index < -0.39 is 7.26 Å². The summed E-state index contributed by atoms with van der Waals surface area (Å²) in [7, 11) is -1.77. The van der Waals surface area contributed by atoms with Crippen LogP contribution in [0.15, 0.2) is 91.0 Å². The van der Waals surface area contributed by atoms with Gasteiger partial charge in [0.1, 0.15) is 23.2 Å². The molecule has 29 heavy (non-hydrogen) atoms. The maximum Gasteiger partial charge on any atom is 0.219 e. The average molecular weight is 405 g/mol. The molecule has 0 unspecified atom stereocenters. The van der Waals surface area contributed by atoms with Crippen molar-refractivity contribution in [2.24, 2.45) is 0 Å². The Morgan fingerprint density at radius 2 is 1.17 bits per heavy atom. The van der Waals surface area contributed by atoms with Crippen LogP contribution < -0.4 is 21.2 Å². The van der Waals surface area contributed by atoms with Crippen LogP contribution in [0, 0.1) is 0 Å². The van der Waals surface area contributed by atoms with Gasteiger partial charge in [-0.3, -0.25) is 4.79 Å². The zero-order valence-electron chi connectivity index (χ0n) is 17.3. The smallest absolute Gasteiger partial charge is 0.219 e. The first kappa shape index (κ1) is 21.3. The number of rotatable bonds is 10. The van der Waals surface area contributed by atoms with Crippen molar-refractivity contribution in [3.05, 3.63) is 91.0 Å². The summed E-state index contributed by atoms with van der Waals surface area (Å²) < 4.78 is 0. The first-order chi connectivity index (χ1) is 14.3. The fraction of sp³-hybridized carbons (Fsp3) is 0.269. The van der Waals surface area contributed by atoms with Gasteiger partial charge in [0, 0.05) is 13.0 Å². The van der Waals surface area contributed by atoms with Crippen LogP contribution in [0.2, 0.25) is 0 Å². The second-order valence-corrected chi connectivity index (χ2v) is 11.0. The molecule has 3 aromatic rings. The molecule has 0 fully saturated rings. The molecule has 0 aliphatic carbocycles. The van der Waals surface area contributed by atoms with E-state index in [4.69, 9.17) is 0 Å². The summed E-state index contributed by atoms with van der Waals surface area (Å²) in [5.74, 6) is 0.176. The average Bonchev–Trinajstić information content (AvgIpc) is 2.80. The van der Waals surface area contributed by atoms with Gasteiger partial charge in [-0.2, -0.15) is 0 Å². The van der Waals surface area contributed by atoms with Crippen LogP contribution in [-0.4, -0.2) is 18.6 Å². The summed E-state index contributed by atoms with van der Waals surface area (Å²) in [6, 6.07) is 32.8. The minimum atomic E-state index is -1.77. The Hall–Kier alpha value is -2.44. The molecule has 0 atom stereocenters. The second-order valence-electron chi connectivity index (χ2n) is 7.35. The zero-order chi connectivity index (χ0) is 20.4. The van der Waals surface area contributed by atoms with Crippen molar-refractivity contribution in [1.82, 2.24) is 5.32 Å². The molecule has 0 saturated heterocycles. The first-order valence-corrected chi connectivity index (χ1v) is 12.6. The van der Waals surface area contributed by atoms with Gasteiger partial charge < -0.3 is 5.32 Å². The van der Waals surface area contributed by atoms with Gasteiger partial charge in [-0.25, -0.2) is 0 Å². The van der Waals surface area contributed by atoms with Crippen molar-refractivity contribution >= 4 is 29.1 Å². The van der Waals surface area contributed by atoms with Crippen LogP contribution in [0.1, 0.15) is 32.6 Å². The Morgan fingerprint density at radius 1 is 0.724 bits per heavy atom. The highest BCUT2D eigenvalue weighted by molar-refractivity contribution is 7.95. The first-order valence-electron chi connectivity index (χ1n) is 10.6. The quantitative estimate of drug-likeness (QED) is 0.386. The topological polar surface area (TPSA) is 29.1 Å². The van der Waals surface area contributed by atoms with E-state index in [-0.39, 0.29) is 5.91 Å². The van der Waals surface area contributed by atoms with Gasteiger partial charge >= 0.3 is 0 Å². The monoisotopic (exact) mass is 404 g/mol. The minimum absolute atomic E-state index is 0.176. The molecule has 3 heteroatoms. The number of carbonyl (C=O) groups excluding carboxylic acids is 1. The summed E-state index contributed by atoms with van der Waals surface area (Å²) >= 11 is 0. The van der Waals surface area contributed by atoms with Gasteiger partial charge in [0.2, 0.25) is 5.91 Å². The molecular weight excluding hydrogens is 373 g/mol. The van der Waals surface area contributed by atoms with Crippen LogP contribution in [0.3, 0.4) is 0 Å². The van der Waals surface area contributed by atoms with Crippen molar-refractivity contribution < 1.29 is 4.79 Å². The van der Waals surface area contributed by atoms with E-state index in [2.05, 4.69) is 103 Å². The lowest BCUT2D eigenvalue weighted by molar-refractivity contribution is -0.121. The van der Waals surface area contributed by atoms with E-state index in [0.29, 0.717) is 6.42 Å². The van der Waals surface area contributed by atoms with E-state index in [1.807, 2.05) is 0 Å². The van der Waals surface area contributed by atoms with E-state index >= 15 is 0 Å². The predicted octanol–water partition coefficient (Wildman–Crippen LogP) is 4.68. The van der Waals surface area contributed by atoms with Gasteiger partial charge in [-0.15, -0.1) is 0 Å². The Labute approximate surface area is 175 Å². The van der Waals surface area contributed by atoms with Gasteiger partial charge in [-0.05, 0) is 55.7 Å². The van der Waals surface area contributed by atoms with Gasteiger partial charge in [-0.1, -0.05) is 61.5 Å². The molecule has 0 saturated carbocycles. The Balaban J connectivity index is 1.92. The van der Waals surface area contributed by atoms with Gasteiger partial charge in [0.05, 0.1) is 6.16 Å². The fourth-order valence-corrected chi connectivity index (χ4v) is 8.28. The largest absolute Gasteiger partial charge is 0.356 e. The summed E-state index contributed by atoms with van der Waals surface area (Å²) in [6.07, 6.45) is 4.62. The zero-order valence-corrected chi connectivity index (χ0v) is 18.2. The molecule has 1 N–H and O–H groups in total. The molecule has 0 aromatic heterocycles. The highest BCUT2D eigenvalue weighted by atomic mass is 31.2. The number of hydrogen-bond donors (Lipinski definition) is 1. The lowest BCUT2D eigenvalue weighted by Gasteiger charge is -2.27. The standard InChI is InChI=1S/C26H30NOP/c1-2-21-27-26(28)20-12-13-22-29(23-14-6-3-7-15-23,24-16-8-4-9-17-24)25-18-10-5-11-19-25/h3-11,14-19H,2,12-13,20-22H2,1H3/p+1. The molecule has 0 radical (unpaired) electrons. The molecule has 0 bridgehead atoms. The molecular formula is C26H31NOP+. The number of benzene rings is 3. The normalized spacial score (nSPS) is 11.2. The van der Waals surface area contributed by atoms with Crippen molar-refractivity contribution in [2.75, 3.05) is 12.7 Å². The lowest BCUT2D eigenvalue weighted by Crippen LogP contribution is -2.33. The SMILES string of the molecule is CCCNC(=O)CCCC[P+](c1ccccc1)(c1ccccc1)c1ccccc1. The molecule has 3 aromatic carbocycles. The van der Waals surface area contributed by atoms with Crippen LogP contribution in [0.4, 0.5) is 0 Å². The van der Waals surface area contributed by atoms with E-state index in [1.54, 1.807) is 0 Å². The second kappa shape index (κ2) is 10.9. The fourth-order valence-electron chi connectivity index (χ4n) is 3.87.